The number of hydrogen-bond donors (Lipinski definition) is 0. The molecule has 32 heavy (non-hydrogen) atoms. The van der Waals surface area contributed by atoms with Crippen molar-refractivity contribution in [1.29, 1.82) is 0 Å². The lowest BCUT2D eigenvalue weighted by Crippen LogP contribution is -2.53. The van der Waals surface area contributed by atoms with Crippen LogP contribution in [0.3, 0.4) is 0 Å². The summed E-state index contributed by atoms with van der Waals surface area (Å²) >= 11 is 0. The topological polar surface area (TPSA) is 56.3 Å². The highest BCUT2D eigenvalue weighted by molar-refractivity contribution is 5.94. The van der Waals surface area contributed by atoms with Crippen molar-refractivity contribution in [2.75, 3.05) is 70.5 Å². The van der Waals surface area contributed by atoms with E-state index in [1.165, 1.54) is 0 Å². The lowest BCUT2D eigenvalue weighted by atomic mass is 9.94. The van der Waals surface area contributed by atoms with Crippen LogP contribution in [0.25, 0.3) is 0 Å². The molecule has 0 N–H and O–H groups in total. The van der Waals surface area contributed by atoms with Gasteiger partial charge in [0.1, 0.15) is 0 Å². The zero-order chi connectivity index (χ0) is 21.8. The molecule has 3 aliphatic rings. The minimum absolute atomic E-state index is 0. The molecule has 3 heterocycles. The molecule has 7 nitrogen and oxygen atoms in total. The molecule has 0 bridgehead atoms. The highest BCUT2D eigenvalue weighted by Crippen LogP contribution is 2.26. The Morgan fingerprint density at radius 1 is 0.844 bits per heavy atom. The number of amides is 2. The molecule has 0 radical (unpaired) electrons. The van der Waals surface area contributed by atoms with Crippen LogP contribution in [0.2, 0.25) is 0 Å². The lowest BCUT2D eigenvalue weighted by molar-refractivity contribution is -0.138. The molecule has 3 saturated heterocycles. The van der Waals surface area contributed by atoms with Gasteiger partial charge in [-0.3, -0.25) is 14.5 Å². The Balaban J connectivity index is 0.00000289. The van der Waals surface area contributed by atoms with E-state index in [0.717, 1.165) is 63.4 Å². The molecule has 2 amide bonds. The van der Waals surface area contributed by atoms with Gasteiger partial charge in [-0.25, -0.2) is 0 Å². The summed E-state index contributed by atoms with van der Waals surface area (Å²) in [6.07, 6.45) is 1.80. The van der Waals surface area contributed by atoms with Gasteiger partial charge in [0, 0.05) is 75.6 Å². The van der Waals surface area contributed by atoms with Gasteiger partial charge in [0.05, 0.1) is 13.2 Å². The van der Waals surface area contributed by atoms with Crippen LogP contribution in [0.15, 0.2) is 24.3 Å². The molecule has 8 heteroatoms. The Hall–Kier alpha value is -1.83. The van der Waals surface area contributed by atoms with Gasteiger partial charge >= 0.3 is 0 Å². The normalized spacial score (nSPS) is 20.9. The number of morpholine rings is 1. The van der Waals surface area contributed by atoms with Crippen LogP contribution < -0.4 is 4.90 Å². The van der Waals surface area contributed by atoms with Crippen LogP contribution in [0.4, 0.5) is 5.69 Å². The van der Waals surface area contributed by atoms with Gasteiger partial charge in [0.15, 0.2) is 0 Å². The molecule has 0 spiro atoms. The minimum Gasteiger partial charge on any atom is -0.378 e. The van der Waals surface area contributed by atoms with E-state index in [1.807, 2.05) is 29.2 Å². The number of hydrogen-bond acceptors (Lipinski definition) is 5. The average molecular weight is 465 g/mol. The summed E-state index contributed by atoms with van der Waals surface area (Å²) in [5.74, 6) is 0.565. The van der Waals surface area contributed by atoms with Crippen LogP contribution in [0.5, 0.6) is 0 Å². The third-order valence-electron chi connectivity index (χ3n) is 6.98. The summed E-state index contributed by atoms with van der Waals surface area (Å²) in [7, 11) is 0. The van der Waals surface area contributed by atoms with Gasteiger partial charge in [-0.05, 0) is 51.0 Å². The molecule has 0 aromatic heterocycles. The highest BCUT2D eigenvalue weighted by atomic mass is 35.5. The van der Waals surface area contributed by atoms with Crippen molar-refractivity contribution in [3.8, 4) is 0 Å². The van der Waals surface area contributed by atoms with E-state index in [1.54, 1.807) is 0 Å². The van der Waals surface area contributed by atoms with Crippen molar-refractivity contribution < 1.29 is 14.3 Å². The summed E-state index contributed by atoms with van der Waals surface area (Å²) in [5.41, 5.74) is 1.87. The maximum absolute atomic E-state index is 13.0. The van der Waals surface area contributed by atoms with Gasteiger partial charge in [0.2, 0.25) is 5.91 Å². The molecule has 178 valence electrons. The van der Waals surface area contributed by atoms with E-state index >= 15 is 0 Å². The Labute approximate surface area is 198 Å². The molecule has 3 aliphatic heterocycles. The molecule has 0 atom stereocenters. The molecule has 0 unspecified atom stereocenters. The number of piperidine rings is 1. The second kappa shape index (κ2) is 11.3. The number of anilines is 1. The smallest absolute Gasteiger partial charge is 0.254 e. The molecule has 1 aromatic rings. The Kier molecular flexibility index (Phi) is 8.79. The first-order valence-corrected chi connectivity index (χ1v) is 11.8. The quantitative estimate of drug-likeness (QED) is 0.684. The lowest BCUT2D eigenvalue weighted by Gasteiger charge is -2.40. The fraction of sp³-hybridized carbons (Fsp3) is 0.667. The first-order valence-electron chi connectivity index (χ1n) is 11.8. The predicted molar refractivity (Wildman–Crippen MR) is 129 cm³/mol. The van der Waals surface area contributed by atoms with Crippen molar-refractivity contribution >= 4 is 29.9 Å². The Morgan fingerprint density at radius 2 is 1.44 bits per heavy atom. The van der Waals surface area contributed by atoms with Gasteiger partial charge < -0.3 is 19.4 Å². The number of halogens is 1. The maximum Gasteiger partial charge on any atom is 0.254 e. The molecule has 0 aliphatic carbocycles. The Morgan fingerprint density at radius 3 is 2.00 bits per heavy atom. The summed E-state index contributed by atoms with van der Waals surface area (Å²) in [6.45, 7) is 12.5. The second-order valence-corrected chi connectivity index (χ2v) is 9.17. The molecular weight excluding hydrogens is 428 g/mol. The number of benzene rings is 1. The largest absolute Gasteiger partial charge is 0.378 e. The number of nitrogens with zero attached hydrogens (tertiary/aromatic N) is 4. The van der Waals surface area contributed by atoms with Gasteiger partial charge in [0.25, 0.3) is 5.91 Å². The first-order chi connectivity index (χ1) is 15.0. The summed E-state index contributed by atoms with van der Waals surface area (Å²) in [4.78, 5) is 34.3. The zero-order valence-electron chi connectivity index (χ0n) is 19.4. The molecule has 3 fully saturated rings. The number of piperazine rings is 1. The summed E-state index contributed by atoms with van der Waals surface area (Å²) in [6, 6.07) is 8.50. The van der Waals surface area contributed by atoms with Crippen LogP contribution in [-0.4, -0.2) is 98.1 Å². The second-order valence-electron chi connectivity index (χ2n) is 9.17. The fourth-order valence-corrected chi connectivity index (χ4v) is 4.87. The maximum atomic E-state index is 13.0. The van der Waals surface area contributed by atoms with E-state index in [4.69, 9.17) is 4.74 Å². The number of rotatable bonds is 4. The monoisotopic (exact) mass is 464 g/mol. The average Bonchev–Trinajstić information content (AvgIpc) is 2.84. The van der Waals surface area contributed by atoms with Crippen molar-refractivity contribution in [2.45, 2.75) is 32.7 Å². The Bertz CT molecular complexity index is 751. The summed E-state index contributed by atoms with van der Waals surface area (Å²) in [5, 5.41) is 0. The minimum atomic E-state index is 0. The van der Waals surface area contributed by atoms with Crippen molar-refractivity contribution in [3.63, 3.8) is 0 Å². The van der Waals surface area contributed by atoms with Gasteiger partial charge in [-0.2, -0.15) is 0 Å². The van der Waals surface area contributed by atoms with Crippen LogP contribution in [0, 0.1) is 5.92 Å². The fourth-order valence-electron chi connectivity index (χ4n) is 4.87. The molecular formula is C24H37ClN4O3. The van der Waals surface area contributed by atoms with Crippen molar-refractivity contribution in [2.24, 2.45) is 5.92 Å². The van der Waals surface area contributed by atoms with Gasteiger partial charge in [-0.15, -0.1) is 12.4 Å². The van der Waals surface area contributed by atoms with Crippen LogP contribution in [-0.2, 0) is 9.53 Å². The third kappa shape index (κ3) is 5.74. The highest BCUT2D eigenvalue weighted by Gasteiger charge is 2.31. The van der Waals surface area contributed by atoms with E-state index in [2.05, 4.69) is 28.5 Å². The SMILES string of the molecule is CC(C)N1CCN(C(=O)C2CCN(c3ccc(C(=O)N4CCOCC4)cc3)CC2)CC1.Cl. The molecule has 0 saturated carbocycles. The first kappa shape index (κ1) is 24.8. The molecule has 4 rings (SSSR count). The summed E-state index contributed by atoms with van der Waals surface area (Å²) < 4.78 is 5.33. The van der Waals surface area contributed by atoms with Crippen LogP contribution >= 0.6 is 12.4 Å². The number of carbonyl (C=O) groups is 2. The van der Waals surface area contributed by atoms with E-state index in [-0.39, 0.29) is 24.2 Å². The van der Waals surface area contributed by atoms with Crippen LogP contribution in [0.1, 0.15) is 37.0 Å². The van der Waals surface area contributed by atoms with Crippen molar-refractivity contribution in [3.05, 3.63) is 29.8 Å². The van der Waals surface area contributed by atoms with E-state index in [9.17, 15) is 9.59 Å². The molecule has 1 aromatic carbocycles. The predicted octanol–water partition coefficient (Wildman–Crippen LogP) is 2.35. The number of carbonyl (C=O) groups excluding carboxylic acids is 2. The van der Waals surface area contributed by atoms with Crippen molar-refractivity contribution in [1.82, 2.24) is 14.7 Å². The number of ether oxygens (including phenoxy) is 1. The standard InChI is InChI=1S/C24H36N4O3.ClH/c1-19(2)25-11-13-27(14-12-25)24(30)21-7-9-26(10-8-21)22-5-3-20(4-6-22)23(29)28-15-17-31-18-16-28;/h3-6,19,21H,7-18H2,1-2H3;1H. The zero-order valence-corrected chi connectivity index (χ0v) is 20.2. The third-order valence-corrected chi connectivity index (χ3v) is 6.98. The van der Waals surface area contributed by atoms with E-state index < -0.39 is 0 Å². The van der Waals surface area contributed by atoms with E-state index in [0.29, 0.717) is 38.3 Å². The van der Waals surface area contributed by atoms with Gasteiger partial charge in [-0.1, -0.05) is 0 Å².